The van der Waals surface area contributed by atoms with Gasteiger partial charge >= 0.3 is 0 Å². The summed E-state index contributed by atoms with van der Waals surface area (Å²) in [5.41, 5.74) is 6.46. The molecule has 2 atom stereocenters. The average molecular weight is 255 g/mol. The van der Waals surface area contributed by atoms with Crippen molar-refractivity contribution in [1.29, 1.82) is 0 Å². The molecular weight excluding hydrogens is 236 g/mol. The first-order valence-electron chi connectivity index (χ1n) is 6.46. The third kappa shape index (κ3) is 3.75. The Hall–Kier alpha value is -1.00. The minimum atomic E-state index is -0.552. The summed E-state index contributed by atoms with van der Waals surface area (Å²) in [6.45, 7) is 0.840. The van der Waals surface area contributed by atoms with Crippen LogP contribution in [0, 0.1) is 11.6 Å². The van der Waals surface area contributed by atoms with Gasteiger partial charge in [0.25, 0.3) is 0 Å². The van der Waals surface area contributed by atoms with Gasteiger partial charge < -0.3 is 10.5 Å². The van der Waals surface area contributed by atoms with Gasteiger partial charge in [0.2, 0.25) is 0 Å². The Labute approximate surface area is 106 Å². The molecule has 1 fully saturated rings. The van der Waals surface area contributed by atoms with E-state index in [2.05, 4.69) is 0 Å². The van der Waals surface area contributed by atoms with Crippen molar-refractivity contribution in [3.05, 3.63) is 35.4 Å². The van der Waals surface area contributed by atoms with E-state index in [1.807, 2.05) is 0 Å². The third-order valence-corrected chi connectivity index (χ3v) is 3.38. The molecule has 0 aromatic heterocycles. The molecule has 2 N–H and O–H groups in total. The first-order valence-corrected chi connectivity index (χ1v) is 6.46. The van der Waals surface area contributed by atoms with E-state index < -0.39 is 11.6 Å². The zero-order valence-corrected chi connectivity index (χ0v) is 10.4. The zero-order chi connectivity index (χ0) is 13.0. The van der Waals surface area contributed by atoms with Crippen molar-refractivity contribution in [1.82, 2.24) is 0 Å². The van der Waals surface area contributed by atoms with E-state index in [4.69, 9.17) is 10.5 Å². The lowest BCUT2D eigenvalue weighted by Gasteiger charge is -2.15. The number of hydrogen-bond acceptors (Lipinski definition) is 2. The van der Waals surface area contributed by atoms with Gasteiger partial charge in [-0.1, -0.05) is 6.07 Å². The van der Waals surface area contributed by atoms with Gasteiger partial charge in [-0.05, 0) is 43.7 Å². The highest BCUT2D eigenvalue weighted by Gasteiger charge is 2.17. The Balaban J connectivity index is 1.80. The van der Waals surface area contributed by atoms with Crippen LogP contribution < -0.4 is 5.73 Å². The van der Waals surface area contributed by atoms with Crippen LogP contribution >= 0.6 is 0 Å². The maximum absolute atomic E-state index is 13.4. The van der Waals surface area contributed by atoms with Gasteiger partial charge in [-0.15, -0.1) is 0 Å². The lowest BCUT2D eigenvalue weighted by Crippen LogP contribution is -2.25. The van der Waals surface area contributed by atoms with Crippen LogP contribution in [0.15, 0.2) is 18.2 Å². The summed E-state index contributed by atoms with van der Waals surface area (Å²) < 4.78 is 31.7. The molecule has 1 heterocycles. The fourth-order valence-corrected chi connectivity index (χ4v) is 2.34. The summed E-state index contributed by atoms with van der Waals surface area (Å²) in [7, 11) is 0. The van der Waals surface area contributed by atoms with Gasteiger partial charge in [0, 0.05) is 18.7 Å². The second kappa shape index (κ2) is 6.25. The van der Waals surface area contributed by atoms with Crippen LogP contribution in [-0.2, 0) is 11.2 Å². The van der Waals surface area contributed by atoms with Crippen molar-refractivity contribution < 1.29 is 13.5 Å². The summed E-state index contributed by atoms with van der Waals surface area (Å²) in [5.74, 6) is -1.06. The fraction of sp³-hybridized carbons (Fsp3) is 0.571. The van der Waals surface area contributed by atoms with Crippen LogP contribution in [-0.4, -0.2) is 18.8 Å². The number of ether oxygens (including phenoxy) is 1. The minimum Gasteiger partial charge on any atom is -0.378 e. The van der Waals surface area contributed by atoms with Gasteiger partial charge in [-0.3, -0.25) is 0 Å². The Morgan fingerprint density at radius 1 is 1.39 bits per heavy atom. The summed E-state index contributed by atoms with van der Waals surface area (Å²) in [5, 5.41) is 0. The Morgan fingerprint density at radius 2 is 2.22 bits per heavy atom. The molecular formula is C14H19F2NO. The van der Waals surface area contributed by atoms with Gasteiger partial charge in [-0.25, -0.2) is 8.78 Å². The van der Waals surface area contributed by atoms with E-state index in [0.29, 0.717) is 18.1 Å². The topological polar surface area (TPSA) is 35.2 Å². The lowest BCUT2D eigenvalue weighted by molar-refractivity contribution is 0.101. The quantitative estimate of drug-likeness (QED) is 0.878. The summed E-state index contributed by atoms with van der Waals surface area (Å²) >= 11 is 0. The van der Waals surface area contributed by atoms with Crippen LogP contribution in [0.25, 0.3) is 0 Å². The highest BCUT2D eigenvalue weighted by atomic mass is 19.1. The Bertz CT molecular complexity index is 391. The van der Waals surface area contributed by atoms with E-state index in [0.717, 1.165) is 38.4 Å². The SMILES string of the molecule is NC(CCC1CCCO1)Cc1ccc(F)cc1F. The largest absolute Gasteiger partial charge is 0.378 e. The normalized spacial score (nSPS) is 21.2. The van der Waals surface area contributed by atoms with Gasteiger partial charge in [0.15, 0.2) is 0 Å². The Morgan fingerprint density at radius 3 is 2.89 bits per heavy atom. The molecule has 0 saturated carbocycles. The molecule has 0 amide bonds. The van der Waals surface area contributed by atoms with Crippen LogP contribution in [0.4, 0.5) is 8.78 Å². The highest BCUT2D eigenvalue weighted by Crippen LogP contribution is 2.19. The van der Waals surface area contributed by atoms with Gasteiger partial charge in [0.05, 0.1) is 6.10 Å². The molecule has 2 rings (SSSR count). The number of halogens is 2. The molecule has 0 spiro atoms. The molecule has 2 unspecified atom stereocenters. The average Bonchev–Trinajstić information content (AvgIpc) is 2.83. The summed E-state index contributed by atoms with van der Waals surface area (Å²) in [6, 6.07) is 3.54. The smallest absolute Gasteiger partial charge is 0.129 e. The zero-order valence-electron chi connectivity index (χ0n) is 10.4. The van der Waals surface area contributed by atoms with Crippen molar-refractivity contribution in [2.24, 2.45) is 5.73 Å². The number of rotatable bonds is 5. The van der Waals surface area contributed by atoms with Crippen LogP contribution in [0.2, 0.25) is 0 Å². The molecule has 18 heavy (non-hydrogen) atoms. The van der Waals surface area contributed by atoms with Crippen molar-refractivity contribution in [2.45, 2.75) is 44.2 Å². The molecule has 1 saturated heterocycles. The molecule has 2 nitrogen and oxygen atoms in total. The third-order valence-electron chi connectivity index (χ3n) is 3.38. The number of nitrogens with two attached hydrogens (primary N) is 1. The van der Waals surface area contributed by atoms with E-state index >= 15 is 0 Å². The lowest BCUT2D eigenvalue weighted by atomic mass is 10.00. The van der Waals surface area contributed by atoms with Crippen LogP contribution in [0.5, 0.6) is 0 Å². The van der Waals surface area contributed by atoms with E-state index in [-0.39, 0.29) is 6.04 Å². The highest BCUT2D eigenvalue weighted by molar-refractivity contribution is 5.19. The minimum absolute atomic E-state index is 0.103. The standard InChI is InChI=1S/C14H19F2NO/c15-11-4-3-10(14(16)9-11)8-12(17)5-6-13-2-1-7-18-13/h3-4,9,12-13H,1-2,5-8,17H2. The predicted octanol–water partition coefficient (Wildman–Crippen LogP) is 2.79. The van der Waals surface area contributed by atoms with Crippen molar-refractivity contribution in [2.75, 3.05) is 6.61 Å². The first kappa shape index (κ1) is 13.4. The molecule has 1 aliphatic heterocycles. The summed E-state index contributed by atoms with van der Waals surface area (Å²) in [4.78, 5) is 0. The monoisotopic (exact) mass is 255 g/mol. The molecule has 0 bridgehead atoms. The van der Waals surface area contributed by atoms with E-state index in [9.17, 15) is 8.78 Å². The van der Waals surface area contributed by atoms with E-state index in [1.165, 1.54) is 12.1 Å². The van der Waals surface area contributed by atoms with Crippen LogP contribution in [0.1, 0.15) is 31.2 Å². The molecule has 1 aromatic rings. The second-order valence-corrected chi connectivity index (χ2v) is 4.91. The van der Waals surface area contributed by atoms with E-state index in [1.54, 1.807) is 0 Å². The molecule has 1 aliphatic rings. The van der Waals surface area contributed by atoms with Gasteiger partial charge in [0.1, 0.15) is 11.6 Å². The van der Waals surface area contributed by atoms with Crippen molar-refractivity contribution in [3.63, 3.8) is 0 Å². The predicted molar refractivity (Wildman–Crippen MR) is 66.2 cm³/mol. The Kier molecular flexibility index (Phi) is 4.66. The number of benzene rings is 1. The molecule has 4 heteroatoms. The maximum atomic E-state index is 13.4. The maximum Gasteiger partial charge on any atom is 0.129 e. The second-order valence-electron chi connectivity index (χ2n) is 4.91. The molecule has 1 aromatic carbocycles. The molecule has 0 radical (unpaired) electrons. The molecule has 100 valence electrons. The molecule has 0 aliphatic carbocycles. The van der Waals surface area contributed by atoms with Crippen LogP contribution in [0.3, 0.4) is 0 Å². The van der Waals surface area contributed by atoms with Crippen molar-refractivity contribution >= 4 is 0 Å². The van der Waals surface area contributed by atoms with Gasteiger partial charge in [-0.2, -0.15) is 0 Å². The first-order chi connectivity index (χ1) is 8.65. The fourth-order valence-electron chi connectivity index (χ4n) is 2.34. The van der Waals surface area contributed by atoms with Crippen molar-refractivity contribution in [3.8, 4) is 0 Å². The number of hydrogen-bond donors (Lipinski definition) is 1. The summed E-state index contributed by atoms with van der Waals surface area (Å²) in [6.07, 6.45) is 4.70.